The average molecular weight is 1140 g/mol. The van der Waals surface area contributed by atoms with Gasteiger partial charge in [-0.2, -0.15) is 0 Å². The van der Waals surface area contributed by atoms with Crippen LogP contribution in [-0.4, -0.2) is 217 Å². The predicted molar refractivity (Wildman–Crippen MR) is 302 cm³/mol. The highest BCUT2D eigenvalue weighted by Gasteiger charge is 2.26. The second kappa shape index (κ2) is 39.4. The SMILES string of the molecule is Cc1ccc(CCC(=O)NC(C)(C)COCC(C)(C)CNC(=O)CNC(=O)CNC(=O)CNC(=O)CNC(=O)CCCCC(C)C)cc1.Cc1ccccc1.O=C(O)CN1CCN(CC(=O)O)CN(CC(=O)O)CN(CC(=O)O)CC1. The summed E-state index contributed by atoms with van der Waals surface area (Å²) < 4.78 is 5.89. The molecule has 3 rings (SSSR count). The van der Waals surface area contributed by atoms with Crippen molar-refractivity contribution in [3.63, 3.8) is 0 Å². The molecule has 1 heterocycles. The van der Waals surface area contributed by atoms with Crippen molar-refractivity contribution < 1.29 is 73.1 Å². The van der Waals surface area contributed by atoms with E-state index in [2.05, 4.69) is 64.8 Å². The minimum atomic E-state index is -1.11. The number of aliphatic carboxylic acids is 4. The molecule has 2 aromatic rings. The maximum absolute atomic E-state index is 12.5. The number of aryl methyl sites for hydroxylation is 3. The van der Waals surface area contributed by atoms with E-state index in [9.17, 15) is 47.9 Å². The van der Waals surface area contributed by atoms with Gasteiger partial charge in [-0.15, -0.1) is 0 Å². The molecule has 0 aliphatic carbocycles. The number of carboxylic acids is 4. The van der Waals surface area contributed by atoms with E-state index >= 15 is 0 Å². The van der Waals surface area contributed by atoms with Crippen LogP contribution in [-0.2, 0) is 59.1 Å². The van der Waals surface area contributed by atoms with E-state index in [4.69, 9.17) is 25.2 Å². The molecule has 1 fully saturated rings. The van der Waals surface area contributed by atoms with E-state index in [1.807, 2.05) is 77.1 Å². The summed E-state index contributed by atoms with van der Waals surface area (Å²) in [5.74, 6) is -6.10. The smallest absolute Gasteiger partial charge is 0.317 e. The van der Waals surface area contributed by atoms with Gasteiger partial charge in [0, 0.05) is 51.0 Å². The third-order valence-electron chi connectivity index (χ3n) is 11.8. The number of carboxylic acid groups (broad SMARTS) is 4. The number of carbonyl (C=O) groups is 10. The van der Waals surface area contributed by atoms with Crippen molar-refractivity contribution in [2.45, 2.75) is 99.5 Å². The number of amides is 6. The van der Waals surface area contributed by atoms with Crippen LogP contribution in [0.5, 0.6) is 0 Å². The molecule has 1 aliphatic rings. The van der Waals surface area contributed by atoms with Crippen molar-refractivity contribution in [2.75, 3.05) is 112 Å². The highest BCUT2D eigenvalue weighted by molar-refractivity contribution is 5.91. The van der Waals surface area contributed by atoms with Gasteiger partial charge in [-0.1, -0.05) is 106 Å². The minimum absolute atomic E-state index is 0.00955. The zero-order valence-electron chi connectivity index (χ0n) is 48.6. The van der Waals surface area contributed by atoms with Crippen molar-refractivity contribution in [3.8, 4) is 0 Å². The third-order valence-corrected chi connectivity index (χ3v) is 11.8. The van der Waals surface area contributed by atoms with Crippen molar-refractivity contribution in [3.05, 3.63) is 71.3 Å². The van der Waals surface area contributed by atoms with Gasteiger partial charge in [0.25, 0.3) is 0 Å². The molecular formula is C56H90N10O15. The Bertz CT molecular complexity index is 2250. The van der Waals surface area contributed by atoms with Crippen molar-refractivity contribution in [2.24, 2.45) is 11.3 Å². The summed E-state index contributed by atoms with van der Waals surface area (Å²) in [5.41, 5.74) is 2.62. The molecule has 81 heavy (non-hydrogen) atoms. The van der Waals surface area contributed by atoms with E-state index in [-0.39, 0.29) is 104 Å². The van der Waals surface area contributed by atoms with Gasteiger partial charge in [-0.3, -0.25) is 67.5 Å². The molecule has 10 N–H and O–H groups in total. The van der Waals surface area contributed by atoms with Crippen LogP contribution >= 0.6 is 0 Å². The number of nitrogens with zero attached hydrogens (tertiary/aromatic N) is 4. The molecule has 25 nitrogen and oxygen atoms in total. The normalized spacial score (nSPS) is 13.6. The summed E-state index contributed by atoms with van der Waals surface area (Å²) in [4.78, 5) is 123. The van der Waals surface area contributed by atoms with Gasteiger partial charge in [0.1, 0.15) is 0 Å². The fourth-order valence-corrected chi connectivity index (χ4v) is 7.60. The zero-order chi connectivity index (χ0) is 61.0. The molecule has 0 atom stereocenters. The second-order valence-electron chi connectivity index (χ2n) is 21.8. The average Bonchev–Trinajstić information content (AvgIpc) is 3.37. The molecule has 25 heteroatoms. The monoisotopic (exact) mass is 1140 g/mol. The first-order chi connectivity index (χ1) is 38.0. The summed E-state index contributed by atoms with van der Waals surface area (Å²) in [5, 5.41) is 51.6. The lowest BCUT2D eigenvalue weighted by atomic mass is 9.94. The van der Waals surface area contributed by atoms with E-state index < -0.39 is 58.5 Å². The van der Waals surface area contributed by atoms with Crippen molar-refractivity contribution >= 4 is 59.3 Å². The van der Waals surface area contributed by atoms with Crippen molar-refractivity contribution in [1.29, 1.82) is 0 Å². The topological polar surface area (TPSA) is 346 Å². The summed E-state index contributed by atoms with van der Waals surface area (Å²) in [6.07, 6.45) is 4.13. The summed E-state index contributed by atoms with van der Waals surface area (Å²) in [6.45, 7) is 15.4. The first-order valence-electron chi connectivity index (χ1n) is 27.1. The van der Waals surface area contributed by atoms with Crippen LogP contribution in [0, 0.1) is 25.2 Å². The number of hydrogen-bond acceptors (Lipinski definition) is 15. The largest absolute Gasteiger partial charge is 0.480 e. The molecule has 0 saturated carbocycles. The Morgan fingerprint density at radius 3 is 1.37 bits per heavy atom. The molecule has 6 amide bonds. The molecule has 0 spiro atoms. The fourth-order valence-electron chi connectivity index (χ4n) is 7.60. The lowest BCUT2D eigenvalue weighted by molar-refractivity contribution is -0.143. The Hall–Kier alpha value is -7.06. The van der Waals surface area contributed by atoms with Gasteiger partial charge in [-0.25, -0.2) is 0 Å². The summed E-state index contributed by atoms with van der Waals surface area (Å²) in [7, 11) is 0. The predicted octanol–water partition coefficient (Wildman–Crippen LogP) is 1.12. The molecular weight excluding hydrogens is 1050 g/mol. The Balaban J connectivity index is 0.000000819. The van der Waals surface area contributed by atoms with Crippen LogP contribution in [0.2, 0.25) is 0 Å². The Morgan fingerprint density at radius 2 is 0.926 bits per heavy atom. The standard InChI is InChI=1S/C35H58N6O7.C14H24N4O8.C7H8/c1-25(2)10-8-9-11-28(42)36-18-30(44)37-19-31(45)38-20-32(46)39-21-33(47)40-22-34(4,5)23-48-24-35(6,7)41-29(43)17-16-27-14-12-26(3)13-15-27;19-11(20)5-15-1-3-16(6-12(21)22)9-18(8-14(25)26)10-17(4-2-15)7-13(23)24;1-7-5-3-2-4-6-7/h12-15,25H,8-11,16-24H2,1-7H3,(H,36,42)(H,37,44)(H,38,45)(H,39,46)(H,40,47)(H,41,43);1-10H2,(H,19,20)(H,21,22)(H,23,24)(H,25,26);2-6H,1H3. The van der Waals surface area contributed by atoms with Gasteiger partial charge in [0.2, 0.25) is 35.4 Å². The van der Waals surface area contributed by atoms with Gasteiger partial charge >= 0.3 is 23.9 Å². The summed E-state index contributed by atoms with van der Waals surface area (Å²) >= 11 is 0. The Morgan fingerprint density at radius 1 is 0.506 bits per heavy atom. The first kappa shape index (κ1) is 72.0. The number of benzene rings is 2. The molecule has 1 aliphatic heterocycles. The van der Waals surface area contributed by atoms with Gasteiger partial charge in [0.05, 0.1) is 84.4 Å². The van der Waals surface area contributed by atoms with Crippen LogP contribution in [0.3, 0.4) is 0 Å². The number of unbranched alkanes of at least 4 members (excludes halogenated alkanes) is 1. The lowest BCUT2D eigenvalue weighted by Gasteiger charge is -2.36. The number of carbonyl (C=O) groups excluding carboxylic acids is 6. The maximum Gasteiger partial charge on any atom is 0.317 e. The molecule has 1 saturated heterocycles. The van der Waals surface area contributed by atoms with Gasteiger partial charge < -0.3 is 57.1 Å². The maximum atomic E-state index is 12.5. The number of nitrogens with one attached hydrogen (secondary N) is 6. The molecule has 2 aromatic carbocycles. The van der Waals surface area contributed by atoms with Gasteiger partial charge in [0.15, 0.2) is 0 Å². The molecule has 0 aromatic heterocycles. The second-order valence-corrected chi connectivity index (χ2v) is 21.8. The quantitative estimate of drug-likeness (QED) is 0.0473. The van der Waals surface area contributed by atoms with E-state index in [0.29, 0.717) is 44.9 Å². The Labute approximate surface area is 476 Å². The third kappa shape index (κ3) is 39.9. The van der Waals surface area contributed by atoms with Crippen LogP contribution in [0.4, 0.5) is 0 Å². The van der Waals surface area contributed by atoms with Crippen LogP contribution in [0.25, 0.3) is 0 Å². The van der Waals surface area contributed by atoms with Crippen LogP contribution < -0.4 is 31.9 Å². The van der Waals surface area contributed by atoms with E-state index in [0.717, 1.165) is 24.8 Å². The fraction of sp³-hybridized carbons (Fsp3) is 0.607. The molecule has 454 valence electrons. The zero-order valence-corrected chi connectivity index (χ0v) is 48.6. The van der Waals surface area contributed by atoms with Crippen molar-refractivity contribution in [1.82, 2.24) is 51.5 Å². The minimum Gasteiger partial charge on any atom is -0.480 e. The number of rotatable bonds is 31. The number of hydrogen-bond donors (Lipinski definition) is 10. The number of ether oxygens (including phenoxy) is 1. The van der Waals surface area contributed by atoms with Crippen LogP contribution in [0.1, 0.15) is 90.3 Å². The van der Waals surface area contributed by atoms with E-state index in [1.165, 1.54) is 25.8 Å². The Kier molecular flexibility index (Phi) is 35.0. The highest BCUT2D eigenvalue weighted by Crippen LogP contribution is 2.16. The first-order valence-corrected chi connectivity index (χ1v) is 27.1. The molecule has 0 unspecified atom stereocenters. The highest BCUT2D eigenvalue weighted by atomic mass is 16.5. The lowest BCUT2D eigenvalue weighted by Crippen LogP contribution is -2.53. The summed E-state index contributed by atoms with van der Waals surface area (Å²) in [6, 6.07) is 18.4. The van der Waals surface area contributed by atoms with Crippen LogP contribution in [0.15, 0.2) is 54.6 Å². The molecule has 0 bridgehead atoms. The van der Waals surface area contributed by atoms with Gasteiger partial charge in [-0.05, 0) is 52.0 Å². The van der Waals surface area contributed by atoms with E-state index in [1.54, 1.807) is 4.90 Å². The molecule has 0 radical (unpaired) electrons.